The first-order chi connectivity index (χ1) is 7.40. The van der Waals surface area contributed by atoms with Crippen molar-refractivity contribution >= 4 is 0 Å². The van der Waals surface area contributed by atoms with E-state index < -0.39 is 0 Å². The van der Waals surface area contributed by atoms with Gasteiger partial charge < -0.3 is 10.1 Å². The van der Waals surface area contributed by atoms with Crippen molar-refractivity contribution in [2.75, 3.05) is 7.05 Å². The highest BCUT2D eigenvalue weighted by Crippen LogP contribution is 2.22. The van der Waals surface area contributed by atoms with Crippen LogP contribution in [0.1, 0.15) is 25.7 Å². The number of aromatic nitrogens is 2. The number of hydrogen-bond donors (Lipinski definition) is 1. The van der Waals surface area contributed by atoms with Crippen LogP contribution in [0.2, 0.25) is 0 Å². The number of ether oxygens (including phenoxy) is 1. The zero-order valence-electron chi connectivity index (χ0n) is 9.02. The van der Waals surface area contributed by atoms with Gasteiger partial charge in [0.15, 0.2) is 0 Å². The average Bonchev–Trinajstić information content (AvgIpc) is 2.31. The molecule has 1 aliphatic carbocycles. The fourth-order valence-electron chi connectivity index (χ4n) is 2.07. The van der Waals surface area contributed by atoms with Crippen molar-refractivity contribution < 1.29 is 4.74 Å². The first kappa shape index (κ1) is 10.4. The Hall–Kier alpha value is -1.16. The third kappa shape index (κ3) is 2.65. The topological polar surface area (TPSA) is 47.0 Å². The predicted molar refractivity (Wildman–Crippen MR) is 57.8 cm³/mol. The van der Waals surface area contributed by atoms with Gasteiger partial charge in [-0.2, -0.15) is 5.10 Å². The van der Waals surface area contributed by atoms with Crippen LogP contribution in [0, 0.1) is 0 Å². The minimum absolute atomic E-state index is 0.237. The lowest BCUT2D eigenvalue weighted by atomic mass is 9.92. The molecule has 1 aromatic heterocycles. The van der Waals surface area contributed by atoms with Gasteiger partial charge in [-0.1, -0.05) is 6.42 Å². The highest BCUT2D eigenvalue weighted by atomic mass is 16.5. The molecule has 1 heterocycles. The largest absolute Gasteiger partial charge is 0.472 e. The molecule has 0 radical (unpaired) electrons. The average molecular weight is 207 g/mol. The molecule has 4 nitrogen and oxygen atoms in total. The van der Waals surface area contributed by atoms with Crippen molar-refractivity contribution in [1.82, 2.24) is 15.5 Å². The van der Waals surface area contributed by atoms with Crippen molar-refractivity contribution in [2.24, 2.45) is 0 Å². The molecule has 0 aliphatic heterocycles. The number of nitrogens with one attached hydrogen (secondary N) is 1. The Labute approximate surface area is 90.1 Å². The lowest BCUT2D eigenvalue weighted by Gasteiger charge is -2.30. The number of hydrogen-bond acceptors (Lipinski definition) is 4. The first-order valence-electron chi connectivity index (χ1n) is 5.52. The molecule has 0 spiro atoms. The summed E-state index contributed by atoms with van der Waals surface area (Å²) in [6, 6.07) is 4.15. The van der Waals surface area contributed by atoms with Gasteiger partial charge in [-0.3, -0.25) is 0 Å². The van der Waals surface area contributed by atoms with Gasteiger partial charge in [0.2, 0.25) is 5.88 Å². The maximum atomic E-state index is 5.82. The number of rotatable bonds is 3. The SMILES string of the molecule is CNC1CCCCC1Oc1cccnn1. The molecule has 2 rings (SSSR count). The highest BCUT2D eigenvalue weighted by molar-refractivity contribution is 5.06. The van der Waals surface area contributed by atoms with Crippen molar-refractivity contribution in [3.8, 4) is 5.88 Å². The van der Waals surface area contributed by atoms with Crippen LogP contribution in [0.25, 0.3) is 0 Å². The van der Waals surface area contributed by atoms with Gasteiger partial charge in [0.25, 0.3) is 0 Å². The molecule has 1 saturated carbocycles. The maximum Gasteiger partial charge on any atom is 0.233 e. The molecule has 1 N–H and O–H groups in total. The standard InChI is InChI=1S/C11H17N3O/c1-12-9-5-2-3-6-10(9)15-11-7-4-8-13-14-11/h4,7-10,12H,2-3,5-6H2,1H3. The quantitative estimate of drug-likeness (QED) is 0.813. The molecule has 1 fully saturated rings. The van der Waals surface area contributed by atoms with E-state index in [0.717, 1.165) is 6.42 Å². The lowest BCUT2D eigenvalue weighted by molar-refractivity contribution is 0.111. The smallest absolute Gasteiger partial charge is 0.233 e. The second-order valence-electron chi connectivity index (χ2n) is 3.90. The van der Waals surface area contributed by atoms with Crippen LogP contribution >= 0.6 is 0 Å². The molecular weight excluding hydrogens is 190 g/mol. The summed E-state index contributed by atoms with van der Waals surface area (Å²) in [6.07, 6.45) is 6.70. The zero-order chi connectivity index (χ0) is 10.5. The predicted octanol–water partition coefficient (Wildman–Crippen LogP) is 1.39. The summed E-state index contributed by atoms with van der Waals surface area (Å²) in [7, 11) is 1.99. The van der Waals surface area contributed by atoms with Crippen LogP contribution in [0.4, 0.5) is 0 Å². The molecule has 82 valence electrons. The number of likely N-dealkylation sites (N-methyl/N-ethyl adjacent to an activating group) is 1. The Morgan fingerprint density at radius 3 is 3.00 bits per heavy atom. The Kier molecular flexibility index (Phi) is 3.50. The molecule has 1 aromatic rings. The van der Waals surface area contributed by atoms with Gasteiger partial charge >= 0.3 is 0 Å². The molecule has 2 unspecified atom stereocenters. The van der Waals surface area contributed by atoms with Crippen LogP contribution in [-0.2, 0) is 0 Å². The monoisotopic (exact) mass is 207 g/mol. The molecule has 0 aromatic carbocycles. The molecule has 0 saturated heterocycles. The van der Waals surface area contributed by atoms with Crippen molar-refractivity contribution in [3.63, 3.8) is 0 Å². The Balaban J connectivity index is 1.97. The van der Waals surface area contributed by atoms with Crippen LogP contribution in [-0.4, -0.2) is 29.4 Å². The molecule has 15 heavy (non-hydrogen) atoms. The molecule has 2 atom stereocenters. The van der Waals surface area contributed by atoms with Crippen LogP contribution in [0.5, 0.6) is 5.88 Å². The third-order valence-electron chi connectivity index (χ3n) is 2.89. The third-order valence-corrected chi connectivity index (χ3v) is 2.89. The number of nitrogens with zero attached hydrogens (tertiary/aromatic N) is 2. The highest BCUT2D eigenvalue weighted by Gasteiger charge is 2.25. The zero-order valence-corrected chi connectivity index (χ0v) is 9.02. The summed E-state index contributed by atoms with van der Waals surface area (Å²) in [5.74, 6) is 0.629. The van der Waals surface area contributed by atoms with Crippen LogP contribution < -0.4 is 10.1 Å². The van der Waals surface area contributed by atoms with E-state index in [1.54, 1.807) is 6.20 Å². The van der Waals surface area contributed by atoms with Gasteiger partial charge in [-0.25, -0.2) is 0 Å². The second kappa shape index (κ2) is 5.07. The fourth-order valence-corrected chi connectivity index (χ4v) is 2.07. The minimum atomic E-state index is 0.237. The van der Waals surface area contributed by atoms with Gasteiger partial charge in [-0.05, 0) is 32.4 Å². The normalized spacial score (nSPS) is 26.2. The maximum absolute atomic E-state index is 5.82. The summed E-state index contributed by atoms with van der Waals surface area (Å²) in [5.41, 5.74) is 0. The molecule has 4 heteroatoms. The van der Waals surface area contributed by atoms with Crippen LogP contribution in [0.3, 0.4) is 0 Å². The van der Waals surface area contributed by atoms with E-state index in [2.05, 4.69) is 15.5 Å². The second-order valence-corrected chi connectivity index (χ2v) is 3.90. The van der Waals surface area contributed by atoms with Gasteiger partial charge in [0.05, 0.1) is 0 Å². The summed E-state index contributed by atoms with van der Waals surface area (Å²) < 4.78 is 5.82. The van der Waals surface area contributed by atoms with Crippen molar-refractivity contribution in [1.29, 1.82) is 0 Å². The molecule has 0 bridgehead atoms. The summed E-state index contributed by atoms with van der Waals surface area (Å²) in [6.45, 7) is 0. The van der Waals surface area contributed by atoms with E-state index >= 15 is 0 Å². The minimum Gasteiger partial charge on any atom is -0.472 e. The van der Waals surface area contributed by atoms with E-state index in [1.807, 2.05) is 19.2 Å². The summed E-state index contributed by atoms with van der Waals surface area (Å²) >= 11 is 0. The Morgan fingerprint density at radius 2 is 2.27 bits per heavy atom. The Bertz CT molecular complexity index is 291. The van der Waals surface area contributed by atoms with Gasteiger partial charge in [-0.15, -0.1) is 5.10 Å². The van der Waals surface area contributed by atoms with E-state index in [4.69, 9.17) is 4.74 Å². The van der Waals surface area contributed by atoms with E-state index in [0.29, 0.717) is 11.9 Å². The molecule has 0 amide bonds. The summed E-state index contributed by atoms with van der Waals surface area (Å²) in [4.78, 5) is 0. The summed E-state index contributed by atoms with van der Waals surface area (Å²) in [5, 5.41) is 11.0. The molecule has 1 aliphatic rings. The van der Waals surface area contributed by atoms with Gasteiger partial charge in [0.1, 0.15) is 6.10 Å². The van der Waals surface area contributed by atoms with E-state index in [1.165, 1.54) is 19.3 Å². The van der Waals surface area contributed by atoms with Crippen molar-refractivity contribution in [3.05, 3.63) is 18.3 Å². The van der Waals surface area contributed by atoms with E-state index in [-0.39, 0.29) is 6.10 Å². The van der Waals surface area contributed by atoms with E-state index in [9.17, 15) is 0 Å². The lowest BCUT2D eigenvalue weighted by Crippen LogP contribution is -2.43. The Morgan fingerprint density at radius 1 is 1.40 bits per heavy atom. The molecular formula is C11H17N3O. The first-order valence-corrected chi connectivity index (χ1v) is 5.52. The fraction of sp³-hybridized carbons (Fsp3) is 0.636. The van der Waals surface area contributed by atoms with Gasteiger partial charge in [0, 0.05) is 18.3 Å². The van der Waals surface area contributed by atoms with Crippen LogP contribution in [0.15, 0.2) is 18.3 Å². The van der Waals surface area contributed by atoms with Crippen molar-refractivity contribution in [2.45, 2.75) is 37.8 Å².